The highest BCUT2D eigenvalue weighted by Crippen LogP contribution is 2.24. The SMILES string of the molecule is Cc1ccc([N+](=O)[O-])cc1OCc1ccc(N)nc1. The van der Waals surface area contributed by atoms with Crippen LogP contribution < -0.4 is 10.5 Å². The summed E-state index contributed by atoms with van der Waals surface area (Å²) in [6.07, 6.45) is 1.61. The van der Waals surface area contributed by atoms with Crippen LogP contribution in [0.1, 0.15) is 11.1 Å². The number of hydrogen-bond donors (Lipinski definition) is 1. The van der Waals surface area contributed by atoms with E-state index < -0.39 is 4.92 Å². The van der Waals surface area contributed by atoms with Gasteiger partial charge in [0.1, 0.15) is 18.2 Å². The Morgan fingerprint density at radius 3 is 2.79 bits per heavy atom. The summed E-state index contributed by atoms with van der Waals surface area (Å²) in [7, 11) is 0. The van der Waals surface area contributed by atoms with Gasteiger partial charge in [-0.2, -0.15) is 0 Å². The first-order valence-corrected chi connectivity index (χ1v) is 5.64. The first-order chi connectivity index (χ1) is 9.06. The molecule has 0 atom stereocenters. The number of non-ortho nitro benzene ring substituents is 1. The highest BCUT2D eigenvalue weighted by molar-refractivity contribution is 5.43. The molecular formula is C13H13N3O3. The summed E-state index contributed by atoms with van der Waals surface area (Å²) in [5.41, 5.74) is 7.18. The van der Waals surface area contributed by atoms with E-state index in [2.05, 4.69) is 4.98 Å². The van der Waals surface area contributed by atoms with Gasteiger partial charge in [0.15, 0.2) is 0 Å². The Bertz CT molecular complexity index is 597. The molecule has 0 radical (unpaired) electrons. The second-order valence-corrected chi connectivity index (χ2v) is 4.09. The monoisotopic (exact) mass is 259 g/mol. The van der Waals surface area contributed by atoms with E-state index >= 15 is 0 Å². The van der Waals surface area contributed by atoms with Crippen LogP contribution in [-0.4, -0.2) is 9.91 Å². The van der Waals surface area contributed by atoms with Crippen molar-refractivity contribution in [3.8, 4) is 5.75 Å². The summed E-state index contributed by atoms with van der Waals surface area (Å²) in [6.45, 7) is 2.12. The molecule has 1 aromatic carbocycles. The molecule has 0 aliphatic heterocycles. The molecule has 0 aliphatic carbocycles. The topological polar surface area (TPSA) is 91.3 Å². The van der Waals surface area contributed by atoms with Crippen molar-refractivity contribution >= 4 is 11.5 Å². The molecule has 0 saturated carbocycles. The number of pyridine rings is 1. The fraction of sp³-hybridized carbons (Fsp3) is 0.154. The zero-order valence-electron chi connectivity index (χ0n) is 10.4. The minimum Gasteiger partial charge on any atom is -0.488 e. The molecule has 2 aromatic rings. The number of hydrogen-bond acceptors (Lipinski definition) is 5. The molecule has 98 valence electrons. The number of anilines is 1. The Labute approximate surface area is 110 Å². The third-order valence-corrected chi connectivity index (χ3v) is 2.62. The van der Waals surface area contributed by atoms with Gasteiger partial charge in [0, 0.05) is 17.8 Å². The van der Waals surface area contributed by atoms with Gasteiger partial charge in [-0.25, -0.2) is 4.98 Å². The average molecular weight is 259 g/mol. The minimum atomic E-state index is -0.447. The van der Waals surface area contributed by atoms with E-state index in [1.807, 2.05) is 6.92 Å². The van der Waals surface area contributed by atoms with Gasteiger partial charge in [0.05, 0.1) is 11.0 Å². The number of rotatable bonds is 4. The quantitative estimate of drug-likeness (QED) is 0.672. The van der Waals surface area contributed by atoms with Gasteiger partial charge in [0.2, 0.25) is 0 Å². The predicted molar refractivity (Wildman–Crippen MR) is 70.8 cm³/mol. The molecule has 1 heterocycles. The summed E-state index contributed by atoms with van der Waals surface area (Å²) < 4.78 is 5.57. The first-order valence-electron chi connectivity index (χ1n) is 5.64. The molecule has 0 amide bonds. The molecular weight excluding hydrogens is 246 g/mol. The van der Waals surface area contributed by atoms with Crippen molar-refractivity contribution in [1.82, 2.24) is 4.98 Å². The van der Waals surface area contributed by atoms with Crippen molar-refractivity contribution in [3.63, 3.8) is 0 Å². The number of nitrogen functional groups attached to an aromatic ring is 1. The van der Waals surface area contributed by atoms with E-state index in [1.165, 1.54) is 12.1 Å². The lowest BCUT2D eigenvalue weighted by molar-refractivity contribution is -0.385. The fourth-order valence-electron chi connectivity index (χ4n) is 1.54. The molecule has 0 fully saturated rings. The number of benzene rings is 1. The highest BCUT2D eigenvalue weighted by atomic mass is 16.6. The van der Waals surface area contributed by atoms with Gasteiger partial charge in [0.25, 0.3) is 5.69 Å². The minimum absolute atomic E-state index is 0.0102. The van der Waals surface area contributed by atoms with E-state index in [0.29, 0.717) is 11.6 Å². The Morgan fingerprint density at radius 1 is 1.37 bits per heavy atom. The van der Waals surface area contributed by atoms with Crippen molar-refractivity contribution in [2.24, 2.45) is 0 Å². The van der Waals surface area contributed by atoms with Crippen molar-refractivity contribution < 1.29 is 9.66 Å². The van der Waals surface area contributed by atoms with Gasteiger partial charge in [-0.1, -0.05) is 6.07 Å². The van der Waals surface area contributed by atoms with Crippen molar-refractivity contribution in [1.29, 1.82) is 0 Å². The van der Waals surface area contributed by atoms with E-state index in [9.17, 15) is 10.1 Å². The van der Waals surface area contributed by atoms with Gasteiger partial charge < -0.3 is 10.5 Å². The van der Waals surface area contributed by atoms with Crippen LogP contribution >= 0.6 is 0 Å². The number of nitrogens with two attached hydrogens (primary N) is 1. The summed E-state index contributed by atoms with van der Waals surface area (Å²) in [5.74, 6) is 0.932. The lowest BCUT2D eigenvalue weighted by Gasteiger charge is -2.08. The van der Waals surface area contributed by atoms with Crippen LogP contribution in [0.25, 0.3) is 0 Å². The number of nitrogens with zero attached hydrogens (tertiary/aromatic N) is 2. The molecule has 0 unspecified atom stereocenters. The van der Waals surface area contributed by atoms with Crippen LogP contribution in [0.15, 0.2) is 36.5 Å². The lowest BCUT2D eigenvalue weighted by atomic mass is 10.2. The van der Waals surface area contributed by atoms with Crippen LogP contribution in [0, 0.1) is 17.0 Å². The maximum atomic E-state index is 10.7. The number of nitro groups is 1. The third-order valence-electron chi connectivity index (χ3n) is 2.62. The van der Waals surface area contributed by atoms with E-state index in [4.69, 9.17) is 10.5 Å². The molecule has 19 heavy (non-hydrogen) atoms. The normalized spacial score (nSPS) is 10.2. The van der Waals surface area contributed by atoms with Crippen LogP contribution in [0.2, 0.25) is 0 Å². The number of aromatic nitrogens is 1. The van der Waals surface area contributed by atoms with Crippen LogP contribution in [0.5, 0.6) is 5.75 Å². The van der Waals surface area contributed by atoms with Crippen LogP contribution in [-0.2, 0) is 6.61 Å². The molecule has 0 aliphatic rings. The molecule has 2 rings (SSSR count). The molecule has 0 spiro atoms. The number of ether oxygens (including phenoxy) is 1. The number of aryl methyl sites for hydroxylation is 1. The summed E-state index contributed by atoms with van der Waals surface area (Å²) in [4.78, 5) is 14.2. The van der Waals surface area contributed by atoms with Crippen LogP contribution in [0.4, 0.5) is 11.5 Å². The first kappa shape index (κ1) is 12.8. The van der Waals surface area contributed by atoms with Crippen molar-refractivity contribution in [2.45, 2.75) is 13.5 Å². The lowest BCUT2D eigenvalue weighted by Crippen LogP contribution is -1.99. The molecule has 2 N–H and O–H groups in total. The molecule has 6 nitrogen and oxygen atoms in total. The van der Waals surface area contributed by atoms with Gasteiger partial charge in [-0.15, -0.1) is 0 Å². The smallest absolute Gasteiger partial charge is 0.273 e. The van der Waals surface area contributed by atoms with Gasteiger partial charge >= 0.3 is 0 Å². The van der Waals surface area contributed by atoms with Crippen molar-refractivity contribution in [3.05, 3.63) is 57.8 Å². The van der Waals surface area contributed by atoms with Crippen LogP contribution in [0.3, 0.4) is 0 Å². The maximum Gasteiger partial charge on any atom is 0.273 e. The Hall–Kier alpha value is -2.63. The Morgan fingerprint density at radius 2 is 2.16 bits per heavy atom. The molecule has 0 bridgehead atoms. The fourth-order valence-corrected chi connectivity index (χ4v) is 1.54. The number of nitro benzene ring substituents is 1. The maximum absolute atomic E-state index is 10.7. The Kier molecular flexibility index (Phi) is 3.61. The summed E-state index contributed by atoms with van der Waals surface area (Å²) in [5, 5.41) is 10.7. The largest absolute Gasteiger partial charge is 0.488 e. The van der Waals surface area contributed by atoms with E-state index in [0.717, 1.165) is 11.1 Å². The Balaban J connectivity index is 2.12. The van der Waals surface area contributed by atoms with Gasteiger partial charge in [-0.05, 0) is 24.6 Å². The highest BCUT2D eigenvalue weighted by Gasteiger charge is 2.09. The second-order valence-electron chi connectivity index (χ2n) is 4.09. The molecule has 6 heteroatoms. The van der Waals surface area contributed by atoms with Crippen molar-refractivity contribution in [2.75, 3.05) is 5.73 Å². The molecule has 1 aromatic heterocycles. The van der Waals surface area contributed by atoms with E-state index in [-0.39, 0.29) is 12.3 Å². The molecule has 0 saturated heterocycles. The second kappa shape index (κ2) is 5.34. The van der Waals surface area contributed by atoms with E-state index in [1.54, 1.807) is 24.4 Å². The zero-order valence-corrected chi connectivity index (χ0v) is 10.4. The summed E-state index contributed by atoms with van der Waals surface area (Å²) in [6, 6.07) is 8.01. The average Bonchev–Trinajstić information content (AvgIpc) is 2.39. The van der Waals surface area contributed by atoms with Gasteiger partial charge in [-0.3, -0.25) is 10.1 Å². The summed E-state index contributed by atoms with van der Waals surface area (Å²) >= 11 is 0. The third kappa shape index (κ3) is 3.19. The predicted octanol–water partition coefficient (Wildman–Crippen LogP) is 2.46. The zero-order chi connectivity index (χ0) is 13.8. The standard InChI is InChI=1S/C13H13N3O3/c1-9-2-4-11(16(17)18)6-12(9)19-8-10-3-5-13(14)15-7-10/h2-7H,8H2,1H3,(H2,14,15).